The number of nitrogens with zero attached hydrogens (tertiary/aromatic N) is 2. The Balaban J connectivity index is 1.89. The molecular formula is C11H10N2O2S. The number of hydrogen-bond donors (Lipinski definition) is 0. The van der Waals surface area contributed by atoms with Gasteiger partial charge in [0.15, 0.2) is 11.6 Å². The van der Waals surface area contributed by atoms with Crippen molar-refractivity contribution in [2.24, 2.45) is 0 Å². The second-order valence-corrected chi connectivity index (χ2v) is 4.72. The summed E-state index contributed by atoms with van der Waals surface area (Å²) in [7, 11) is 0. The third-order valence-corrected chi connectivity index (χ3v) is 3.46. The number of anilines is 1. The van der Waals surface area contributed by atoms with Crippen molar-refractivity contribution in [3.05, 3.63) is 23.6 Å². The van der Waals surface area contributed by atoms with E-state index in [1.165, 1.54) is 0 Å². The van der Waals surface area contributed by atoms with Gasteiger partial charge in [0.25, 0.3) is 0 Å². The number of rotatable bonds is 4. The quantitative estimate of drug-likeness (QED) is 0.764. The van der Waals surface area contributed by atoms with Gasteiger partial charge in [0.05, 0.1) is 4.88 Å². The Hall–Kier alpha value is -1.62. The average molecular weight is 234 g/mol. The molecule has 0 radical (unpaired) electrons. The minimum Gasteiger partial charge on any atom is -0.353 e. The highest BCUT2D eigenvalue weighted by atomic mass is 32.1. The maximum Gasteiger partial charge on any atom is 0.215 e. The molecule has 1 saturated carbocycles. The molecule has 0 unspecified atom stereocenters. The molecule has 0 bridgehead atoms. The fourth-order valence-corrected chi connectivity index (χ4v) is 2.28. The SMILES string of the molecule is O=CN(c1cc(-c2cccs2)on1)C1CC1. The lowest BCUT2D eigenvalue weighted by Gasteiger charge is -2.10. The Morgan fingerprint density at radius 2 is 2.44 bits per heavy atom. The van der Waals surface area contributed by atoms with Gasteiger partial charge >= 0.3 is 0 Å². The molecule has 5 heteroatoms. The van der Waals surface area contributed by atoms with Crippen LogP contribution in [0.25, 0.3) is 10.6 Å². The molecule has 1 aliphatic carbocycles. The van der Waals surface area contributed by atoms with Crippen LogP contribution in [0.4, 0.5) is 5.82 Å². The first-order valence-corrected chi connectivity index (χ1v) is 6.00. The summed E-state index contributed by atoms with van der Waals surface area (Å²) in [6.45, 7) is 0. The van der Waals surface area contributed by atoms with Crippen LogP contribution in [0.5, 0.6) is 0 Å². The fourth-order valence-electron chi connectivity index (χ4n) is 1.60. The predicted molar refractivity (Wildman–Crippen MR) is 61.4 cm³/mol. The van der Waals surface area contributed by atoms with Gasteiger partial charge in [-0.15, -0.1) is 11.3 Å². The van der Waals surface area contributed by atoms with Crippen molar-refractivity contribution in [2.75, 3.05) is 4.90 Å². The van der Waals surface area contributed by atoms with E-state index in [-0.39, 0.29) is 0 Å². The van der Waals surface area contributed by atoms with Crippen LogP contribution >= 0.6 is 11.3 Å². The molecule has 3 rings (SSSR count). The molecule has 0 atom stereocenters. The first kappa shape index (κ1) is 9.59. The zero-order valence-electron chi connectivity index (χ0n) is 8.50. The number of carbonyl (C=O) groups is 1. The summed E-state index contributed by atoms with van der Waals surface area (Å²) in [5.74, 6) is 1.33. The summed E-state index contributed by atoms with van der Waals surface area (Å²) in [6.07, 6.45) is 2.94. The first-order valence-electron chi connectivity index (χ1n) is 5.13. The third-order valence-electron chi connectivity index (χ3n) is 2.58. The molecule has 82 valence electrons. The smallest absolute Gasteiger partial charge is 0.215 e. The fraction of sp³-hybridized carbons (Fsp3) is 0.273. The van der Waals surface area contributed by atoms with Gasteiger partial charge in [-0.05, 0) is 24.3 Å². The lowest BCUT2D eigenvalue weighted by Crippen LogP contribution is -2.23. The molecule has 1 fully saturated rings. The van der Waals surface area contributed by atoms with Crippen molar-refractivity contribution in [1.29, 1.82) is 0 Å². The maximum atomic E-state index is 10.9. The molecule has 0 aromatic carbocycles. The molecule has 2 aromatic heterocycles. The van der Waals surface area contributed by atoms with Gasteiger partial charge < -0.3 is 4.52 Å². The molecule has 2 heterocycles. The van der Waals surface area contributed by atoms with E-state index in [1.54, 1.807) is 16.2 Å². The minimum atomic E-state index is 0.318. The molecule has 4 nitrogen and oxygen atoms in total. The summed E-state index contributed by atoms with van der Waals surface area (Å²) in [4.78, 5) is 13.6. The predicted octanol–water partition coefficient (Wildman–Crippen LogP) is 2.53. The standard InChI is InChI=1S/C11H10N2O2S/c14-7-13(8-3-4-8)11-6-9(15-12-11)10-2-1-5-16-10/h1-2,5-8H,3-4H2. The molecular weight excluding hydrogens is 224 g/mol. The zero-order chi connectivity index (χ0) is 11.0. The number of thiophene rings is 1. The van der Waals surface area contributed by atoms with E-state index in [9.17, 15) is 4.79 Å². The van der Waals surface area contributed by atoms with Crippen LogP contribution in [0.1, 0.15) is 12.8 Å². The van der Waals surface area contributed by atoms with E-state index >= 15 is 0 Å². The molecule has 2 aromatic rings. The number of aromatic nitrogens is 1. The molecule has 1 aliphatic rings. The largest absolute Gasteiger partial charge is 0.353 e. The average Bonchev–Trinajstić information content (AvgIpc) is 2.84. The molecule has 16 heavy (non-hydrogen) atoms. The van der Waals surface area contributed by atoms with Crippen LogP contribution in [0, 0.1) is 0 Å². The van der Waals surface area contributed by atoms with Crippen molar-refractivity contribution in [3.63, 3.8) is 0 Å². The van der Waals surface area contributed by atoms with Crippen LogP contribution in [0.3, 0.4) is 0 Å². The van der Waals surface area contributed by atoms with Crippen LogP contribution in [0.15, 0.2) is 28.1 Å². The topological polar surface area (TPSA) is 46.3 Å². The maximum absolute atomic E-state index is 10.9. The number of amides is 1. The van der Waals surface area contributed by atoms with Gasteiger partial charge in [0, 0.05) is 12.1 Å². The van der Waals surface area contributed by atoms with Crippen molar-refractivity contribution in [1.82, 2.24) is 5.16 Å². The Morgan fingerprint density at radius 1 is 1.56 bits per heavy atom. The van der Waals surface area contributed by atoms with Crippen molar-refractivity contribution < 1.29 is 9.32 Å². The molecule has 0 saturated heterocycles. The summed E-state index contributed by atoms with van der Waals surface area (Å²) in [5, 5.41) is 5.91. The van der Waals surface area contributed by atoms with E-state index in [0.717, 1.165) is 29.9 Å². The van der Waals surface area contributed by atoms with E-state index < -0.39 is 0 Å². The van der Waals surface area contributed by atoms with Crippen molar-refractivity contribution in [3.8, 4) is 10.6 Å². The Labute approximate surface area is 96.5 Å². The highest BCUT2D eigenvalue weighted by molar-refractivity contribution is 7.13. The normalized spacial score (nSPS) is 15.0. The van der Waals surface area contributed by atoms with E-state index in [0.29, 0.717) is 11.9 Å². The van der Waals surface area contributed by atoms with Crippen LogP contribution in [-0.4, -0.2) is 17.6 Å². The second kappa shape index (κ2) is 3.75. The van der Waals surface area contributed by atoms with Crippen LogP contribution in [0.2, 0.25) is 0 Å². The summed E-state index contributed by atoms with van der Waals surface area (Å²) < 4.78 is 5.23. The summed E-state index contributed by atoms with van der Waals surface area (Å²) >= 11 is 1.59. The Kier molecular flexibility index (Phi) is 2.25. The molecule has 0 aliphatic heterocycles. The van der Waals surface area contributed by atoms with E-state index in [4.69, 9.17) is 4.52 Å². The highest BCUT2D eigenvalue weighted by Crippen LogP contribution is 2.33. The van der Waals surface area contributed by atoms with Crippen LogP contribution in [-0.2, 0) is 4.79 Å². The van der Waals surface area contributed by atoms with Crippen molar-refractivity contribution in [2.45, 2.75) is 18.9 Å². The van der Waals surface area contributed by atoms with Gasteiger partial charge in [0.1, 0.15) is 0 Å². The number of carbonyl (C=O) groups excluding carboxylic acids is 1. The van der Waals surface area contributed by atoms with Gasteiger partial charge in [-0.25, -0.2) is 0 Å². The van der Waals surface area contributed by atoms with Gasteiger partial charge in [-0.2, -0.15) is 0 Å². The summed E-state index contributed by atoms with van der Waals surface area (Å²) in [6, 6.07) is 6.06. The lowest BCUT2D eigenvalue weighted by atomic mass is 10.3. The monoisotopic (exact) mass is 234 g/mol. The third kappa shape index (κ3) is 1.63. The Bertz CT molecular complexity index is 488. The zero-order valence-corrected chi connectivity index (χ0v) is 9.31. The molecule has 1 amide bonds. The summed E-state index contributed by atoms with van der Waals surface area (Å²) in [5.41, 5.74) is 0. The molecule has 0 spiro atoms. The first-order chi connectivity index (χ1) is 7.88. The van der Waals surface area contributed by atoms with Crippen molar-refractivity contribution >= 4 is 23.6 Å². The lowest BCUT2D eigenvalue weighted by molar-refractivity contribution is -0.107. The van der Waals surface area contributed by atoms with Gasteiger partial charge in [-0.1, -0.05) is 11.2 Å². The number of hydrogen-bond acceptors (Lipinski definition) is 4. The highest BCUT2D eigenvalue weighted by Gasteiger charge is 2.31. The van der Waals surface area contributed by atoms with E-state index in [1.807, 2.05) is 23.6 Å². The molecule has 0 N–H and O–H groups in total. The van der Waals surface area contributed by atoms with Crippen LogP contribution < -0.4 is 4.90 Å². The van der Waals surface area contributed by atoms with Gasteiger partial charge in [0.2, 0.25) is 6.41 Å². The van der Waals surface area contributed by atoms with E-state index in [2.05, 4.69) is 5.16 Å². The minimum absolute atomic E-state index is 0.318. The second-order valence-electron chi connectivity index (χ2n) is 3.77. The van der Waals surface area contributed by atoms with Gasteiger partial charge in [-0.3, -0.25) is 9.69 Å². The Morgan fingerprint density at radius 3 is 3.06 bits per heavy atom.